The zero-order chi connectivity index (χ0) is 22.9. The Labute approximate surface area is 184 Å². The summed E-state index contributed by atoms with van der Waals surface area (Å²) in [4.78, 5) is 26.1. The van der Waals surface area contributed by atoms with Gasteiger partial charge >= 0.3 is 11.9 Å². The molecule has 1 aliphatic carbocycles. The van der Waals surface area contributed by atoms with E-state index in [2.05, 4.69) is 13.0 Å². The lowest BCUT2D eigenvalue weighted by atomic mass is 9.72. The van der Waals surface area contributed by atoms with Crippen molar-refractivity contribution in [1.29, 1.82) is 0 Å². The van der Waals surface area contributed by atoms with E-state index in [1.54, 1.807) is 12.2 Å². The summed E-state index contributed by atoms with van der Waals surface area (Å²) in [7, 11) is 5.17. The van der Waals surface area contributed by atoms with Gasteiger partial charge in [-0.05, 0) is 41.7 Å². The number of ether oxygens (including phenoxy) is 4. The third-order valence-corrected chi connectivity index (χ3v) is 5.58. The Morgan fingerprint density at radius 1 is 0.935 bits per heavy atom. The molecule has 0 amide bonds. The summed E-state index contributed by atoms with van der Waals surface area (Å²) in [6, 6.07) is 9.83. The first-order valence-electron chi connectivity index (χ1n) is 10.4. The Bertz CT molecular complexity index is 830. The SMILES string of the molecule is CCCCCC=C(C1=CC(C(=O)OC)(C(=O)OC)C(OC)(OC)C=C1)c1ccccc1. The number of esters is 2. The molecule has 0 saturated heterocycles. The lowest BCUT2D eigenvalue weighted by molar-refractivity contribution is -0.240. The van der Waals surface area contributed by atoms with E-state index in [9.17, 15) is 9.59 Å². The summed E-state index contributed by atoms with van der Waals surface area (Å²) < 4.78 is 21.2. The number of rotatable bonds is 10. The average molecular weight is 429 g/mol. The van der Waals surface area contributed by atoms with Crippen LogP contribution in [0.4, 0.5) is 0 Å². The molecule has 0 radical (unpaired) electrons. The predicted octanol–water partition coefficient (Wildman–Crippen LogP) is 4.47. The lowest BCUT2D eigenvalue weighted by Gasteiger charge is -2.42. The molecule has 0 N–H and O–H groups in total. The number of carbonyl (C=O) groups is 2. The fourth-order valence-corrected chi connectivity index (χ4v) is 3.89. The molecule has 0 spiro atoms. The van der Waals surface area contributed by atoms with Crippen LogP contribution in [-0.4, -0.2) is 46.2 Å². The number of allylic oxidation sites excluding steroid dienone is 4. The molecule has 0 atom stereocenters. The Balaban J connectivity index is 2.71. The van der Waals surface area contributed by atoms with Crippen LogP contribution < -0.4 is 0 Å². The van der Waals surface area contributed by atoms with Crippen molar-refractivity contribution in [2.24, 2.45) is 5.41 Å². The maximum absolute atomic E-state index is 13.0. The van der Waals surface area contributed by atoms with Gasteiger partial charge in [-0.3, -0.25) is 9.59 Å². The van der Waals surface area contributed by atoms with Crippen LogP contribution >= 0.6 is 0 Å². The summed E-state index contributed by atoms with van der Waals surface area (Å²) in [6.45, 7) is 2.16. The second-order valence-corrected chi connectivity index (χ2v) is 7.28. The quantitative estimate of drug-likeness (QED) is 0.237. The first kappa shape index (κ1) is 24.6. The molecule has 1 aliphatic rings. The summed E-state index contributed by atoms with van der Waals surface area (Å²) in [5.41, 5.74) is 0.594. The third-order valence-electron chi connectivity index (χ3n) is 5.58. The maximum atomic E-state index is 13.0. The molecule has 0 saturated carbocycles. The van der Waals surface area contributed by atoms with Crippen molar-refractivity contribution < 1.29 is 28.5 Å². The molecule has 31 heavy (non-hydrogen) atoms. The minimum absolute atomic E-state index is 0.684. The van der Waals surface area contributed by atoms with Crippen LogP contribution in [-0.2, 0) is 28.5 Å². The highest BCUT2D eigenvalue weighted by Crippen LogP contribution is 2.46. The van der Waals surface area contributed by atoms with Crippen LogP contribution in [0.15, 0.2) is 60.2 Å². The van der Waals surface area contributed by atoms with E-state index in [1.807, 2.05) is 30.3 Å². The Hall–Kier alpha value is -2.70. The van der Waals surface area contributed by atoms with Gasteiger partial charge in [0.15, 0.2) is 0 Å². The highest BCUT2D eigenvalue weighted by Gasteiger charge is 2.64. The molecule has 6 heteroatoms. The summed E-state index contributed by atoms with van der Waals surface area (Å²) in [5.74, 6) is -3.37. The van der Waals surface area contributed by atoms with Crippen LogP contribution in [0.25, 0.3) is 5.57 Å². The average Bonchev–Trinajstić information content (AvgIpc) is 2.83. The van der Waals surface area contributed by atoms with Gasteiger partial charge in [-0.2, -0.15) is 0 Å². The maximum Gasteiger partial charge on any atom is 0.333 e. The normalized spacial score (nSPS) is 17.1. The van der Waals surface area contributed by atoms with Crippen LogP contribution in [0.1, 0.15) is 38.2 Å². The van der Waals surface area contributed by atoms with Crippen LogP contribution in [0, 0.1) is 5.41 Å². The molecular formula is C25H32O6. The monoisotopic (exact) mass is 428 g/mol. The van der Waals surface area contributed by atoms with Gasteiger partial charge in [0.25, 0.3) is 0 Å². The second kappa shape index (κ2) is 11.1. The van der Waals surface area contributed by atoms with Gasteiger partial charge < -0.3 is 18.9 Å². The van der Waals surface area contributed by atoms with Crippen molar-refractivity contribution in [3.63, 3.8) is 0 Å². The van der Waals surface area contributed by atoms with Gasteiger partial charge in [0.05, 0.1) is 14.2 Å². The smallest absolute Gasteiger partial charge is 0.333 e. The number of hydrogen-bond donors (Lipinski definition) is 0. The second-order valence-electron chi connectivity index (χ2n) is 7.28. The van der Waals surface area contributed by atoms with E-state index in [1.165, 1.54) is 34.5 Å². The first-order chi connectivity index (χ1) is 15.0. The number of methoxy groups -OCH3 is 4. The van der Waals surface area contributed by atoms with E-state index >= 15 is 0 Å². The van der Waals surface area contributed by atoms with Crippen LogP contribution in [0.3, 0.4) is 0 Å². The van der Waals surface area contributed by atoms with E-state index in [4.69, 9.17) is 18.9 Å². The van der Waals surface area contributed by atoms with Gasteiger partial charge in [-0.1, -0.05) is 62.2 Å². The molecule has 168 valence electrons. The van der Waals surface area contributed by atoms with Gasteiger partial charge in [-0.25, -0.2) is 0 Å². The molecule has 1 aromatic rings. The van der Waals surface area contributed by atoms with Crippen LogP contribution in [0.2, 0.25) is 0 Å². The van der Waals surface area contributed by atoms with Crippen molar-refractivity contribution in [2.75, 3.05) is 28.4 Å². The minimum Gasteiger partial charge on any atom is -0.468 e. The molecule has 0 aromatic heterocycles. The summed E-state index contributed by atoms with van der Waals surface area (Å²) >= 11 is 0. The molecule has 0 bridgehead atoms. The Morgan fingerprint density at radius 2 is 1.55 bits per heavy atom. The topological polar surface area (TPSA) is 71.1 Å². The number of unbranched alkanes of at least 4 members (excludes halogenated alkanes) is 3. The standard InChI is InChI=1S/C25H32O6/c1-6-7-8-12-15-21(19-13-10-9-11-14-19)20-16-17-25(30-4,31-5)24(18-20,22(26)28-2)23(27)29-3/h9-11,13-18H,6-8,12H2,1-5H3. The molecular weight excluding hydrogens is 396 g/mol. The molecule has 1 aromatic carbocycles. The van der Waals surface area contributed by atoms with Gasteiger partial charge in [0, 0.05) is 14.2 Å². The zero-order valence-corrected chi connectivity index (χ0v) is 19.0. The van der Waals surface area contributed by atoms with Gasteiger partial charge in [0.1, 0.15) is 0 Å². The third kappa shape index (κ3) is 4.65. The van der Waals surface area contributed by atoms with E-state index in [0.29, 0.717) is 5.57 Å². The van der Waals surface area contributed by atoms with E-state index in [-0.39, 0.29) is 0 Å². The summed E-state index contributed by atoms with van der Waals surface area (Å²) in [5, 5.41) is 0. The molecule has 0 unspecified atom stereocenters. The fourth-order valence-electron chi connectivity index (χ4n) is 3.89. The van der Waals surface area contributed by atoms with Crippen molar-refractivity contribution in [1.82, 2.24) is 0 Å². The predicted molar refractivity (Wildman–Crippen MR) is 119 cm³/mol. The largest absolute Gasteiger partial charge is 0.468 e. The van der Waals surface area contributed by atoms with Crippen molar-refractivity contribution in [2.45, 2.75) is 38.4 Å². The Morgan fingerprint density at radius 3 is 2.06 bits per heavy atom. The molecule has 0 heterocycles. The highest BCUT2D eigenvalue weighted by atomic mass is 16.7. The first-order valence-corrected chi connectivity index (χ1v) is 10.4. The van der Waals surface area contributed by atoms with Gasteiger partial charge in [-0.15, -0.1) is 0 Å². The number of hydrogen-bond acceptors (Lipinski definition) is 6. The van der Waals surface area contributed by atoms with E-state index in [0.717, 1.165) is 36.8 Å². The Kier molecular flexibility index (Phi) is 8.77. The molecule has 2 rings (SSSR count). The highest BCUT2D eigenvalue weighted by molar-refractivity contribution is 6.05. The van der Waals surface area contributed by atoms with Crippen molar-refractivity contribution in [3.8, 4) is 0 Å². The number of carbonyl (C=O) groups excluding carboxylic acids is 2. The molecule has 0 aliphatic heterocycles. The van der Waals surface area contributed by atoms with Crippen LogP contribution in [0.5, 0.6) is 0 Å². The fraction of sp³-hybridized carbons (Fsp3) is 0.440. The van der Waals surface area contributed by atoms with Crippen molar-refractivity contribution >= 4 is 17.5 Å². The van der Waals surface area contributed by atoms with E-state index < -0.39 is 23.1 Å². The molecule has 0 fully saturated rings. The van der Waals surface area contributed by atoms with Crippen molar-refractivity contribution in [3.05, 3.63) is 65.8 Å². The minimum atomic E-state index is -1.97. The molecule has 6 nitrogen and oxygen atoms in total. The summed E-state index contributed by atoms with van der Waals surface area (Å²) in [6.07, 6.45) is 11.2. The zero-order valence-electron chi connectivity index (χ0n) is 19.0. The van der Waals surface area contributed by atoms with Gasteiger partial charge in [0.2, 0.25) is 11.2 Å². The number of benzene rings is 1. The lowest BCUT2D eigenvalue weighted by Crippen LogP contribution is -2.60.